The lowest BCUT2D eigenvalue weighted by Gasteiger charge is -2.27. The lowest BCUT2D eigenvalue weighted by Crippen LogP contribution is -2.16. The van der Waals surface area contributed by atoms with Crippen LogP contribution >= 0.6 is 0 Å². The molecule has 5 nitrogen and oxygen atoms in total. The SMILES string of the molecule is C=CC1=C(C)c2c(ccc3c2Oc2cccc(-c4cccc(-c5nc(-c6ccccc6)nc(-c6ccc(-c7ccccc7)c7ccccc67)n5)c4)c2O3)C1(C)C. The first-order valence-corrected chi connectivity index (χ1v) is 18.9. The van der Waals surface area contributed by atoms with Crippen molar-refractivity contribution in [1.29, 1.82) is 0 Å². The molecule has 0 bridgehead atoms. The van der Waals surface area contributed by atoms with Crippen molar-refractivity contribution in [2.75, 3.05) is 0 Å². The Kier molecular flexibility index (Phi) is 7.79. The molecular formula is C51H37N3O2. The van der Waals surface area contributed by atoms with E-state index < -0.39 is 0 Å². The molecule has 5 heteroatoms. The van der Waals surface area contributed by atoms with Gasteiger partial charge in [0, 0.05) is 33.2 Å². The van der Waals surface area contributed by atoms with Crippen LogP contribution in [-0.4, -0.2) is 15.0 Å². The van der Waals surface area contributed by atoms with Gasteiger partial charge in [0.1, 0.15) is 0 Å². The molecule has 0 unspecified atom stereocenters. The summed E-state index contributed by atoms with van der Waals surface area (Å²) in [4.78, 5) is 15.3. The van der Waals surface area contributed by atoms with Crippen LogP contribution in [0.25, 0.3) is 72.8 Å². The van der Waals surface area contributed by atoms with Crippen LogP contribution in [-0.2, 0) is 5.41 Å². The molecule has 1 aliphatic heterocycles. The van der Waals surface area contributed by atoms with Crippen LogP contribution in [0.1, 0.15) is 31.9 Å². The van der Waals surface area contributed by atoms with E-state index in [1.807, 2.05) is 72.8 Å². The molecule has 268 valence electrons. The minimum atomic E-state index is -0.171. The number of hydrogen-bond donors (Lipinski definition) is 0. The normalized spacial score (nSPS) is 13.7. The molecule has 8 aromatic rings. The zero-order valence-electron chi connectivity index (χ0n) is 31.4. The number of benzene rings is 7. The summed E-state index contributed by atoms with van der Waals surface area (Å²) in [6, 6.07) is 51.9. The summed E-state index contributed by atoms with van der Waals surface area (Å²) in [5.74, 6) is 4.59. The number of rotatable bonds is 6. The van der Waals surface area contributed by atoms with E-state index in [0.717, 1.165) is 61.0 Å². The monoisotopic (exact) mass is 723 g/mol. The Morgan fingerprint density at radius 2 is 1.07 bits per heavy atom. The summed E-state index contributed by atoms with van der Waals surface area (Å²) in [5, 5.41) is 2.22. The number of para-hydroxylation sites is 1. The number of nitrogens with zero attached hydrogens (tertiary/aromatic N) is 3. The second-order valence-electron chi connectivity index (χ2n) is 14.8. The van der Waals surface area contributed by atoms with Crippen LogP contribution < -0.4 is 9.47 Å². The first-order valence-electron chi connectivity index (χ1n) is 18.9. The summed E-state index contributed by atoms with van der Waals surface area (Å²) in [6.45, 7) is 10.7. The standard InChI is InChI=1S/C51H37N3O2/c1-5-41-31(2)45-42(51(41,3)4)28-29-44-47(45)56-43-25-15-24-37(46(43)55-44)34-20-14-21-35(30-34)49-52-48(33-18-10-7-11-19-33)53-50(54-49)40-27-26-36(32-16-8-6-9-17-32)38-22-12-13-23-39(38)40/h5-30H,1H2,2-4H3. The fourth-order valence-corrected chi connectivity index (χ4v) is 8.47. The van der Waals surface area contributed by atoms with Gasteiger partial charge in [0.25, 0.3) is 0 Å². The summed E-state index contributed by atoms with van der Waals surface area (Å²) in [5.41, 5.74) is 11.4. The van der Waals surface area contributed by atoms with Crippen molar-refractivity contribution < 1.29 is 9.47 Å². The molecule has 0 radical (unpaired) electrons. The van der Waals surface area contributed by atoms with Crippen molar-refractivity contribution >= 4 is 16.3 Å². The lowest BCUT2D eigenvalue weighted by atomic mass is 9.81. The van der Waals surface area contributed by atoms with E-state index in [0.29, 0.717) is 34.7 Å². The molecule has 0 atom stereocenters. The van der Waals surface area contributed by atoms with E-state index in [4.69, 9.17) is 24.4 Å². The van der Waals surface area contributed by atoms with Crippen LogP contribution in [0, 0.1) is 0 Å². The van der Waals surface area contributed by atoms with E-state index in [1.54, 1.807) is 0 Å². The smallest absolute Gasteiger partial charge is 0.177 e. The average Bonchev–Trinajstić information content (AvgIpc) is 3.45. The van der Waals surface area contributed by atoms with Gasteiger partial charge in [-0.3, -0.25) is 0 Å². The predicted octanol–water partition coefficient (Wildman–Crippen LogP) is 13.5. The highest BCUT2D eigenvalue weighted by Crippen LogP contribution is 2.57. The van der Waals surface area contributed by atoms with Crippen molar-refractivity contribution in [2.24, 2.45) is 0 Å². The largest absolute Gasteiger partial charge is 0.449 e. The molecule has 1 aliphatic carbocycles. The maximum atomic E-state index is 6.74. The second-order valence-corrected chi connectivity index (χ2v) is 14.8. The lowest BCUT2D eigenvalue weighted by molar-refractivity contribution is 0.359. The van der Waals surface area contributed by atoms with Gasteiger partial charge in [-0.2, -0.15) is 0 Å². The van der Waals surface area contributed by atoms with Gasteiger partial charge in [0.05, 0.1) is 0 Å². The van der Waals surface area contributed by atoms with Crippen LogP contribution in [0.5, 0.6) is 23.0 Å². The minimum Gasteiger partial charge on any atom is -0.449 e. The van der Waals surface area contributed by atoms with Crippen molar-refractivity contribution in [3.8, 4) is 79.4 Å². The van der Waals surface area contributed by atoms with Crippen LogP contribution in [0.15, 0.2) is 170 Å². The molecule has 0 fully saturated rings. The summed E-state index contributed by atoms with van der Waals surface area (Å²) in [6.07, 6.45) is 1.96. The van der Waals surface area contributed by atoms with Crippen molar-refractivity contribution in [1.82, 2.24) is 15.0 Å². The van der Waals surface area contributed by atoms with E-state index in [2.05, 4.69) is 112 Å². The molecule has 0 spiro atoms. The molecule has 10 rings (SSSR count). The topological polar surface area (TPSA) is 57.1 Å². The van der Waals surface area contributed by atoms with Crippen molar-refractivity contribution in [3.63, 3.8) is 0 Å². The first kappa shape index (κ1) is 33.5. The van der Waals surface area contributed by atoms with Gasteiger partial charge >= 0.3 is 0 Å². The third kappa shape index (κ3) is 5.35. The van der Waals surface area contributed by atoms with Crippen molar-refractivity contribution in [3.05, 3.63) is 181 Å². The maximum absolute atomic E-state index is 6.74. The Labute approximate surface area is 326 Å². The molecular weight excluding hydrogens is 687 g/mol. The summed E-state index contributed by atoms with van der Waals surface area (Å²) < 4.78 is 13.5. The Morgan fingerprint density at radius 1 is 0.500 bits per heavy atom. The highest BCUT2D eigenvalue weighted by Gasteiger charge is 2.39. The van der Waals surface area contributed by atoms with Crippen LogP contribution in [0.3, 0.4) is 0 Å². The molecule has 0 N–H and O–H groups in total. The highest BCUT2D eigenvalue weighted by atomic mass is 16.6. The van der Waals surface area contributed by atoms with E-state index in [9.17, 15) is 0 Å². The average molecular weight is 724 g/mol. The predicted molar refractivity (Wildman–Crippen MR) is 227 cm³/mol. The van der Waals surface area contributed by atoms with Gasteiger partial charge < -0.3 is 9.47 Å². The molecule has 1 aromatic heterocycles. The Morgan fingerprint density at radius 3 is 1.82 bits per heavy atom. The number of ether oxygens (including phenoxy) is 2. The van der Waals surface area contributed by atoms with Gasteiger partial charge in [0.15, 0.2) is 40.5 Å². The van der Waals surface area contributed by atoms with E-state index in [-0.39, 0.29) is 5.41 Å². The Balaban J connectivity index is 1.08. The number of fused-ring (bicyclic) bond motifs is 5. The van der Waals surface area contributed by atoms with E-state index >= 15 is 0 Å². The van der Waals surface area contributed by atoms with Crippen molar-refractivity contribution in [2.45, 2.75) is 26.2 Å². The molecule has 0 saturated carbocycles. The zero-order valence-corrected chi connectivity index (χ0v) is 31.4. The Bertz CT molecular complexity index is 2910. The van der Waals surface area contributed by atoms with Crippen LogP contribution in [0.2, 0.25) is 0 Å². The Hall–Kier alpha value is -7.11. The third-order valence-electron chi connectivity index (χ3n) is 11.2. The molecule has 0 saturated heterocycles. The van der Waals surface area contributed by atoms with Gasteiger partial charge in [-0.1, -0.05) is 154 Å². The van der Waals surface area contributed by atoms with Gasteiger partial charge in [-0.15, -0.1) is 0 Å². The van der Waals surface area contributed by atoms with Crippen LogP contribution in [0.4, 0.5) is 0 Å². The number of aromatic nitrogens is 3. The van der Waals surface area contributed by atoms with Gasteiger partial charge in [-0.25, -0.2) is 15.0 Å². The minimum absolute atomic E-state index is 0.171. The number of allylic oxidation sites excluding steroid dienone is 3. The fraction of sp³-hybridized carbons (Fsp3) is 0.0784. The zero-order chi connectivity index (χ0) is 38.0. The molecule has 56 heavy (non-hydrogen) atoms. The number of hydrogen-bond acceptors (Lipinski definition) is 5. The molecule has 2 aliphatic rings. The first-order chi connectivity index (χ1) is 27.4. The highest BCUT2D eigenvalue weighted by molar-refractivity contribution is 6.04. The summed E-state index contributed by atoms with van der Waals surface area (Å²) in [7, 11) is 0. The summed E-state index contributed by atoms with van der Waals surface area (Å²) >= 11 is 0. The third-order valence-corrected chi connectivity index (χ3v) is 11.2. The molecule has 7 aromatic carbocycles. The second kappa shape index (κ2) is 13.0. The maximum Gasteiger partial charge on any atom is 0.177 e. The molecule has 2 heterocycles. The molecule has 0 amide bonds. The van der Waals surface area contributed by atoms with Gasteiger partial charge in [-0.05, 0) is 75.4 Å². The quantitative estimate of drug-likeness (QED) is 0.171. The fourth-order valence-electron chi connectivity index (χ4n) is 8.47. The van der Waals surface area contributed by atoms with Gasteiger partial charge in [0.2, 0.25) is 0 Å². The van der Waals surface area contributed by atoms with E-state index in [1.165, 1.54) is 16.7 Å².